The number of benzene rings is 2. The lowest BCUT2D eigenvalue weighted by Gasteiger charge is -2.29. The molecule has 5 heteroatoms. The number of rotatable bonds is 2. The number of fused-ring (bicyclic) bond motifs is 2. The summed E-state index contributed by atoms with van der Waals surface area (Å²) in [6.07, 6.45) is 0. The molecule has 1 atom stereocenters. The third-order valence-corrected chi connectivity index (χ3v) is 4.37. The lowest BCUT2D eigenvalue weighted by atomic mass is 9.92. The second-order valence-electron chi connectivity index (χ2n) is 5.87. The Bertz CT molecular complexity index is 773. The Labute approximate surface area is 134 Å². The number of aryl methyl sites for hydroxylation is 1. The molecule has 2 aromatic rings. The van der Waals surface area contributed by atoms with E-state index in [-0.39, 0.29) is 18.7 Å². The van der Waals surface area contributed by atoms with E-state index >= 15 is 0 Å². The van der Waals surface area contributed by atoms with Gasteiger partial charge in [0.1, 0.15) is 0 Å². The number of nitrogens with one attached hydrogen (secondary N) is 2. The van der Waals surface area contributed by atoms with Crippen LogP contribution in [0.5, 0.6) is 11.5 Å². The second-order valence-corrected chi connectivity index (χ2v) is 5.87. The summed E-state index contributed by atoms with van der Waals surface area (Å²) in [5, 5.41) is 6.48. The van der Waals surface area contributed by atoms with E-state index < -0.39 is 0 Å². The van der Waals surface area contributed by atoms with Crippen molar-refractivity contribution in [2.24, 2.45) is 0 Å². The van der Waals surface area contributed by atoms with Gasteiger partial charge in [-0.15, -0.1) is 0 Å². The summed E-state index contributed by atoms with van der Waals surface area (Å²) < 4.78 is 10.6. The predicted molar refractivity (Wildman–Crippen MR) is 85.7 cm³/mol. The van der Waals surface area contributed by atoms with Crippen molar-refractivity contribution in [3.05, 3.63) is 58.7 Å². The molecule has 0 bridgehead atoms. The van der Waals surface area contributed by atoms with E-state index in [4.69, 9.17) is 9.47 Å². The molecule has 23 heavy (non-hydrogen) atoms. The summed E-state index contributed by atoms with van der Waals surface area (Å²) in [6.45, 7) is 3.87. The average Bonchev–Trinajstić information content (AvgIpc) is 3.02. The fourth-order valence-corrected chi connectivity index (χ4v) is 3.25. The van der Waals surface area contributed by atoms with Crippen LogP contribution < -0.4 is 20.1 Å². The Morgan fingerprint density at radius 1 is 1.22 bits per heavy atom. The third kappa shape index (κ3) is 2.53. The van der Waals surface area contributed by atoms with Crippen molar-refractivity contribution in [3.63, 3.8) is 0 Å². The number of carbonyl (C=O) groups is 1. The Kier molecular flexibility index (Phi) is 3.42. The lowest BCUT2D eigenvalue weighted by Crippen LogP contribution is -2.39. The minimum Gasteiger partial charge on any atom is -0.454 e. The van der Waals surface area contributed by atoms with Crippen LogP contribution >= 0.6 is 0 Å². The zero-order valence-corrected chi connectivity index (χ0v) is 12.9. The van der Waals surface area contributed by atoms with Crippen molar-refractivity contribution >= 4 is 5.91 Å². The maximum absolute atomic E-state index is 12.6. The van der Waals surface area contributed by atoms with Crippen LogP contribution in [0.3, 0.4) is 0 Å². The molecular formula is C18H18N2O3. The monoisotopic (exact) mass is 310 g/mol. The summed E-state index contributed by atoms with van der Waals surface area (Å²) in [6, 6.07) is 11.5. The summed E-state index contributed by atoms with van der Waals surface area (Å²) in [4.78, 5) is 12.6. The predicted octanol–water partition coefficient (Wildman–Crippen LogP) is 2.30. The smallest absolute Gasteiger partial charge is 0.251 e. The highest BCUT2D eigenvalue weighted by atomic mass is 16.7. The first-order valence-electron chi connectivity index (χ1n) is 7.72. The Balaban J connectivity index is 1.58. The summed E-state index contributed by atoms with van der Waals surface area (Å²) in [5.41, 5.74) is 4.25. The van der Waals surface area contributed by atoms with Gasteiger partial charge in [-0.1, -0.05) is 18.2 Å². The quantitative estimate of drug-likeness (QED) is 0.893. The van der Waals surface area contributed by atoms with E-state index in [2.05, 4.69) is 35.8 Å². The highest BCUT2D eigenvalue weighted by molar-refractivity contribution is 5.95. The largest absolute Gasteiger partial charge is 0.454 e. The molecule has 2 aromatic carbocycles. The Morgan fingerprint density at radius 2 is 2.09 bits per heavy atom. The van der Waals surface area contributed by atoms with E-state index in [1.165, 1.54) is 16.7 Å². The van der Waals surface area contributed by atoms with Crippen molar-refractivity contribution in [1.82, 2.24) is 10.6 Å². The van der Waals surface area contributed by atoms with Crippen molar-refractivity contribution in [2.45, 2.75) is 19.5 Å². The first kappa shape index (κ1) is 14.1. The number of carbonyl (C=O) groups excluding carboxylic acids is 1. The third-order valence-electron chi connectivity index (χ3n) is 4.37. The Morgan fingerprint density at radius 3 is 3.00 bits per heavy atom. The van der Waals surface area contributed by atoms with Crippen molar-refractivity contribution in [1.29, 1.82) is 0 Å². The minimum absolute atomic E-state index is 0.0297. The molecule has 0 aromatic heterocycles. The molecule has 4 rings (SSSR count). The molecule has 0 aliphatic carbocycles. The van der Waals surface area contributed by atoms with Gasteiger partial charge in [-0.3, -0.25) is 4.79 Å². The molecule has 0 spiro atoms. The fourth-order valence-electron chi connectivity index (χ4n) is 3.25. The SMILES string of the molecule is Cc1cccc2c1C(NC(=O)c1ccc3c(c1)OCO3)CNC2. The second kappa shape index (κ2) is 5.59. The maximum Gasteiger partial charge on any atom is 0.251 e. The van der Waals surface area contributed by atoms with E-state index in [1.807, 2.05) is 0 Å². The van der Waals surface area contributed by atoms with Crippen LogP contribution in [-0.4, -0.2) is 19.2 Å². The van der Waals surface area contributed by atoms with E-state index in [0.29, 0.717) is 17.1 Å². The van der Waals surface area contributed by atoms with Crippen LogP contribution in [0.25, 0.3) is 0 Å². The molecule has 2 aliphatic heterocycles. The van der Waals surface area contributed by atoms with Crippen LogP contribution in [-0.2, 0) is 6.54 Å². The molecule has 1 unspecified atom stereocenters. The molecule has 0 saturated carbocycles. The van der Waals surface area contributed by atoms with E-state index in [9.17, 15) is 4.79 Å². The van der Waals surface area contributed by atoms with Gasteiger partial charge in [-0.25, -0.2) is 0 Å². The van der Waals surface area contributed by atoms with Gasteiger partial charge in [0.25, 0.3) is 5.91 Å². The summed E-state index contributed by atoms with van der Waals surface area (Å²) in [5.74, 6) is 1.20. The molecule has 5 nitrogen and oxygen atoms in total. The standard InChI is InChI=1S/C18H18N2O3/c1-11-3-2-4-13-8-19-9-14(17(11)13)20-18(21)12-5-6-15-16(7-12)23-10-22-15/h2-7,14,19H,8-10H2,1H3,(H,20,21). The van der Waals surface area contributed by atoms with Gasteiger partial charge >= 0.3 is 0 Å². The maximum atomic E-state index is 12.6. The van der Waals surface area contributed by atoms with Crippen molar-refractivity contribution in [3.8, 4) is 11.5 Å². The van der Waals surface area contributed by atoms with Gasteiger partial charge in [0.2, 0.25) is 6.79 Å². The fraction of sp³-hybridized carbons (Fsp3) is 0.278. The molecule has 0 saturated heterocycles. The first-order chi connectivity index (χ1) is 11.2. The molecule has 2 heterocycles. The first-order valence-corrected chi connectivity index (χ1v) is 7.72. The average molecular weight is 310 g/mol. The van der Waals surface area contributed by atoms with Gasteiger partial charge in [0, 0.05) is 18.7 Å². The Hall–Kier alpha value is -2.53. The molecule has 2 N–H and O–H groups in total. The van der Waals surface area contributed by atoms with Gasteiger partial charge in [-0.05, 0) is 41.8 Å². The zero-order valence-electron chi connectivity index (χ0n) is 12.9. The van der Waals surface area contributed by atoms with Crippen LogP contribution in [0.4, 0.5) is 0 Å². The minimum atomic E-state index is -0.105. The van der Waals surface area contributed by atoms with Crippen LogP contribution in [0.2, 0.25) is 0 Å². The highest BCUT2D eigenvalue weighted by Crippen LogP contribution is 2.33. The molecule has 0 radical (unpaired) electrons. The van der Waals surface area contributed by atoms with Crippen molar-refractivity contribution in [2.75, 3.05) is 13.3 Å². The van der Waals surface area contributed by atoms with Gasteiger partial charge in [0.05, 0.1) is 6.04 Å². The van der Waals surface area contributed by atoms with Gasteiger partial charge in [-0.2, -0.15) is 0 Å². The van der Waals surface area contributed by atoms with Gasteiger partial charge in [0.15, 0.2) is 11.5 Å². The van der Waals surface area contributed by atoms with Crippen LogP contribution in [0.1, 0.15) is 33.1 Å². The van der Waals surface area contributed by atoms with Crippen molar-refractivity contribution < 1.29 is 14.3 Å². The normalized spacial score (nSPS) is 18.4. The molecule has 1 amide bonds. The number of amides is 1. The van der Waals surface area contributed by atoms with Gasteiger partial charge < -0.3 is 20.1 Å². The molecule has 2 aliphatic rings. The number of hydrogen-bond acceptors (Lipinski definition) is 4. The summed E-state index contributed by atoms with van der Waals surface area (Å²) in [7, 11) is 0. The highest BCUT2D eigenvalue weighted by Gasteiger charge is 2.24. The van der Waals surface area contributed by atoms with Crippen LogP contribution in [0.15, 0.2) is 36.4 Å². The molecular weight excluding hydrogens is 292 g/mol. The number of hydrogen-bond donors (Lipinski definition) is 2. The molecule has 0 fully saturated rings. The lowest BCUT2D eigenvalue weighted by molar-refractivity contribution is 0.0934. The summed E-state index contributed by atoms with van der Waals surface area (Å²) >= 11 is 0. The van der Waals surface area contributed by atoms with Crippen LogP contribution in [0, 0.1) is 6.92 Å². The van der Waals surface area contributed by atoms with E-state index in [0.717, 1.165) is 13.1 Å². The topological polar surface area (TPSA) is 59.6 Å². The van der Waals surface area contributed by atoms with E-state index in [1.54, 1.807) is 18.2 Å². The zero-order chi connectivity index (χ0) is 15.8. The molecule has 118 valence electrons. The number of ether oxygens (including phenoxy) is 2.